The third-order valence-electron chi connectivity index (χ3n) is 4.82. The lowest BCUT2D eigenvalue weighted by atomic mass is 10.1. The van der Waals surface area contributed by atoms with Crippen molar-refractivity contribution in [2.75, 3.05) is 22.9 Å². The van der Waals surface area contributed by atoms with Crippen molar-refractivity contribution >= 4 is 40.1 Å². The van der Waals surface area contributed by atoms with E-state index >= 15 is 0 Å². The van der Waals surface area contributed by atoms with Gasteiger partial charge >= 0.3 is 0 Å². The number of nitrogens with one attached hydrogen (secondary N) is 3. The Morgan fingerprint density at radius 1 is 1.14 bits per heavy atom. The lowest BCUT2D eigenvalue weighted by Crippen LogP contribution is -2.32. The second kappa shape index (κ2) is 9.25. The Morgan fingerprint density at radius 2 is 1.96 bits per heavy atom. The van der Waals surface area contributed by atoms with Crippen molar-refractivity contribution in [2.24, 2.45) is 10.9 Å². The molecule has 2 aliphatic rings. The highest BCUT2D eigenvalue weighted by atomic mass is 32.2. The monoisotopic (exact) mass is 412 g/mol. The van der Waals surface area contributed by atoms with Crippen LogP contribution in [0.5, 0.6) is 0 Å². The quantitative estimate of drug-likeness (QED) is 0.580. The summed E-state index contributed by atoms with van der Waals surface area (Å²) in [5.41, 5.74) is 3.95. The van der Waals surface area contributed by atoms with E-state index in [0.717, 1.165) is 29.6 Å². The summed E-state index contributed by atoms with van der Waals surface area (Å²) < 4.78 is 0. The van der Waals surface area contributed by atoms with Crippen LogP contribution in [0.1, 0.15) is 25.8 Å². The van der Waals surface area contributed by atoms with Crippen LogP contribution in [-0.2, 0) is 6.42 Å². The number of fused-ring (bicyclic) bond motifs is 1. The Balaban J connectivity index is 1.21. The SMILES string of the molecule is CC(C)CC1CSC(Nc2ccc(CCNC3Nc4ccccc4S3)cc2)=N1. The summed E-state index contributed by atoms with van der Waals surface area (Å²) in [6, 6.07) is 17.7. The van der Waals surface area contributed by atoms with E-state index in [9.17, 15) is 0 Å². The largest absolute Gasteiger partial charge is 0.360 e. The molecule has 28 heavy (non-hydrogen) atoms. The summed E-state index contributed by atoms with van der Waals surface area (Å²) in [7, 11) is 0. The highest BCUT2D eigenvalue weighted by Crippen LogP contribution is 2.36. The number of anilines is 2. The summed E-state index contributed by atoms with van der Waals surface area (Å²) in [6.07, 6.45) is 2.19. The van der Waals surface area contributed by atoms with Gasteiger partial charge in [-0.05, 0) is 48.6 Å². The number of thioether (sulfide) groups is 2. The van der Waals surface area contributed by atoms with Crippen LogP contribution in [0.3, 0.4) is 0 Å². The number of hydrogen-bond acceptors (Lipinski definition) is 6. The maximum atomic E-state index is 4.81. The minimum absolute atomic E-state index is 0.259. The smallest absolute Gasteiger partial charge is 0.161 e. The summed E-state index contributed by atoms with van der Waals surface area (Å²) in [5, 5.41) is 11.6. The average molecular weight is 413 g/mol. The highest BCUT2D eigenvalue weighted by Gasteiger charge is 2.20. The Kier molecular flexibility index (Phi) is 6.50. The molecule has 0 aromatic heterocycles. The normalized spacial score (nSPS) is 20.8. The molecule has 2 unspecified atom stereocenters. The fraction of sp³-hybridized carbons (Fsp3) is 0.409. The molecule has 148 valence electrons. The minimum Gasteiger partial charge on any atom is -0.360 e. The molecular weight excluding hydrogens is 384 g/mol. The Morgan fingerprint density at radius 3 is 2.75 bits per heavy atom. The van der Waals surface area contributed by atoms with Gasteiger partial charge in [-0.2, -0.15) is 0 Å². The molecule has 0 amide bonds. The molecule has 2 aromatic rings. The molecule has 2 atom stereocenters. The van der Waals surface area contributed by atoms with Crippen LogP contribution in [0, 0.1) is 5.92 Å². The number of rotatable bonds is 7. The van der Waals surface area contributed by atoms with Crippen molar-refractivity contribution < 1.29 is 0 Å². The maximum Gasteiger partial charge on any atom is 0.161 e. The third-order valence-corrected chi connectivity index (χ3v) is 6.99. The third kappa shape index (κ3) is 5.25. The number of para-hydroxylation sites is 1. The zero-order valence-corrected chi connectivity index (χ0v) is 18.1. The average Bonchev–Trinajstić information content (AvgIpc) is 3.29. The molecule has 6 heteroatoms. The summed E-state index contributed by atoms with van der Waals surface area (Å²) in [4.78, 5) is 6.12. The summed E-state index contributed by atoms with van der Waals surface area (Å²) >= 11 is 3.68. The first-order valence-electron chi connectivity index (χ1n) is 9.98. The molecule has 0 bridgehead atoms. The van der Waals surface area contributed by atoms with Gasteiger partial charge in [0.1, 0.15) is 5.50 Å². The highest BCUT2D eigenvalue weighted by molar-refractivity contribution is 8.14. The van der Waals surface area contributed by atoms with Gasteiger partial charge in [-0.1, -0.05) is 61.6 Å². The van der Waals surface area contributed by atoms with Gasteiger partial charge in [-0.3, -0.25) is 10.3 Å². The standard InChI is InChI=1S/C22H28N4S2/c1-15(2)13-18-14-27-22(25-18)24-17-9-7-16(8-10-17)11-12-23-21-26-19-5-3-4-6-20(19)28-21/h3-10,15,18,21,23,26H,11-14H2,1-2H3,(H,24,25). The summed E-state index contributed by atoms with van der Waals surface area (Å²) in [6.45, 7) is 5.48. The van der Waals surface area contributed by atoms with Crippen LogP contribution >= 0.6 is 23.5 Å². The number of amidine groups is 1. The molecule has 2 aliphatic heterocycles. The topological polar surface area (TPSA) is 48.4 Å². The van der Waals surface area contributed by atoms with Crippen molar-refractivity contribution in [3.63, 3.8) is 0 Å². The van der Waals surface area contributed by atoms with Crippen molar-refractivity contribution in [1.29, 1.82) is 0 Å². The molecule has 4 rings (SSSR count). The lowest BCUT2D eigenvalue weighted by Gasteiger charge is -2.13. The number of nitrogens with zero attached hydrogens (tertiary/aromatic N) is 1. The first-order valence-corrected chi connectivity index (χ1v) is 11.8. The van der Waals surface area contributed by atoms with Crippen LogP contribution in [0.4, 0.5) is 11.4 Å². The Hall–Kier alpha value is -1.63. The Labute approximate surface area is 176 Å². The van der Waals surface area contributed by atoms with E-state index in [1.54, 1.807) is 0 Å². The predicted octanol–water partition coefficient (Wildman–Crippen LogP) is 5.25. The van der Waals surface area contributed by atoms with Crippen molar-refractivity contribution in [1.82, 2.24) is 5.32 Å². The van der Waals surface area contributed by atoms with Gasteiger partial charge in [-0.25, -0.2) is 0 Å². The molecule has 3 N–H and O–H groups in total. The molecule has 0 fully saturated rings. The van der Waals surface area contributed by atoms with Gasteiger partial charge in [-0.15, -0.1) is 0 Å². The van der Waals surface area contributed by atoms with Gasteiger partial charge < -0.3 is 10.6 Å². The van der Waals surface area contributed by atoms with Crippen molar-refractivity contribution in [3.05, 3.63) is 54.1 Å². The summed E-state index contributed by atoms with van der Waals surface area (Å²) in [5.74, 6) is 1.80. The van der Waals surface area contributed by atoms with Crippen LogP contribution in [0.2, 0.25) is 0 Å². The van der Waals surface area contributed by atoms with Gasteiger partial charge in [0.05, 0.1) is 6.04 Å². The van der Waals surface area contributed by atoms with Gasteiger partial charge in [0.2, 0.25) is 0 Å². The van der Waals surface area contributed by atoms with Crippen LogP contribution in [0.25, 0.3) is 0 Å². The van der Waals surface area contributed by atoms with E-state index in [1.165, 1.54) is 22.6 Å². The second-order valence-electron chi connectivity index (χ2n) is 7.69. The maximum absolute atomic E-state index is 4.81. The fourth-order valence-corrected chi connectivity index (χ4v) is 5.48. The Bertz CT molecular complexity index is 795. The molecule has 0 saturated heterocycles. The second-order valence-corrected chi connectivity index (χ2v) is 9.85. The first kappa shape index (κ1) is 19.7. The molecule has 4 nitrogen and oxygen atoms in total. The molecular formula is C22H28N4S2. The van der Waals surface area contributed by atoms with Gasteiger partial charge in [0.25, 0.3) is 0 Å². The van der Waals surface area contributed by atoms with Crippen molar-refractivity contribution in [2.45, 2.75) is 43.1 Å². The van der Waals surface area contributed by atoms with E-state index in [4.69, 9.17) is 4.99 Å². The van der Waals surface area contributed by atoms with Crippen LogP contribution < -0.4 is 16.0 Å². The van der Waals surface area contributed by atoms with E-state index in [1.807, 2.05) is 23.5 Å². The predicted molar refractivity (Wildman–Crippen MR) is 125 cm³/mol. The van der Waals surface area contributed by atoms with E-state index in [2.05, 4.69) is 78.3 Å². The zero-order chi connectivity index (χ0) is 19.3. The van der Waals surface area contributed by atoms with Crippen LogP contribution in [-0.4, -0.2) is 29.0 Å². The lowest BCUT2D eigenvalue weighted by molar-refractivity contribution is 0.529. The van der Waals surface area contributed by atoms with E-state index in [-0.39, 0.29) is 5.50 Å². The molecule has 0 radical (unpaired) electrons. The molecule has 2 heterocycles. The molecule has 0 aliphatic carbocycles. The molecule has 2 aromatic carbocycles. The molecule has 0 spiro atoms. The van der Waals surface area contributed by atoms with Crippen LogP contribution in [0.15, 0.2) is 58.4 Å². The van der Waals surface area contributed by atoms with E-state index < -0.39 is 0 Å². The van der Waals surface area contributed by atoms with Gasteiger partial charge in [0.15, 0.2) is 5.17 Å². The number of benzene rings is 2. The first-order chi connectivity index (χ1) is 13.7. The van der Waals surface area contributed by atoms with E-state index in [0.29, 0.717) is 12.0 Å². The number of aliphatic imine (C=N–C) groups is 1. The minimum atomic E-state index is 0.259. The zero-order valence-electron chi connectivity index (χ0n) is 16.4. The number of hydrogen-bond donors (Lipinski definition) is 3. The van der Waals surface area contributed by atoms with Crippen molar-refractivity contribution in [3.8, 4) is 0 Å². The van der Waals surface area contributed by atoms with Gasteiger partial charge in [0, 0.05) is 28.6 Å². The molecule has 0 saturated carbocycles. The fourth-order valence-electron chi connectivity index (χ4n) is 3.45.